The van der Waals surface area contributed by atoms with Gasteiger partial charge in [-0.15, -0.1) is 0 Å². The van der Waals surface area contributed by atoms with Gasteiger partial charge in [0.15, 0.2) is 5.78 Å². The lowest BCUT2D eigenvalue weighted by atomic mass is 9.96. The summed E-state index contributed by atoms with van der Waals surface area (Å²) in [5, 5.41) is 0. The minimum absolute atomic E-state index is 0.104. The van der Waals surface area contributed by atoms with Crippen LogP contribution in [0.3, 0.4) is 0 Å². The van der Waals surface area contributed by atoms with E-state index >= 15 is 0 Å². The summed E-state index contributed by atoms with van der Waals surface area (Å²) in [4.78, 5) is 11.7. The monoisotopic (exact) mass is 194 g/mol. The second-order valence-corrected chi connectivity index (χ2v) is 3.66. The Morgan fingerprint density at radius 3 is 2.64 bits per heavy atom. The zero-order valence-corrected chi connectivity index (χ0v) is 8.80. The summed E-state index contributed by atoms with van der Waals surface area (Å²) in [5.41, 5.74) is 1.05. The molecule has 0 aliphatic carbocycles. The van der Waals surface area contributed by atoms with Gasteiger partial charge in [0.2, 0.25) is 0 Å². The van der Waals surface area contributed by atoms with Gasteiger partial charge in [-0.05, 0) is 31.0 Å². The third kappa shape index (κ3) is 2.19. The zero-order valence-electron chi connectivity index (χ0n) is 8.80. The van der Waals surface area contributed by atoms with Gasteiger partial charge in [0, 0.05) is 5.92 Å². The van der Waals surface area contributed by atoms with Crippen LogP contribution in [0.5, 0.6) is 0 Å². The summed E-state index contributed by atoms with van der Waals surface area (Å²) in [6.07, 6.45) is 0.742. The van der Waals surface area contributed by atoms with Gasteiger partial charge in [-0.3, -0.25) is 4.79 Å². The molecule has 0 radical (unpaired) electrons. The van der Waals surface area contributed by atoms with Gasteiger partial charge < -0.3 is 0 Å². The van der Waals surface area contributed by atoms with Gasteiger partial charge in [-0.1, -0.05) is 19.9 Å². The lowest BCUT2D eigenvalue weighted by Gasteiger charge is -2.08. The molecule has 0 fully saturated rings. The minimum Gasteiger partial charge on any atom is -0.294 e. The molecule has 1 rings (SSSR count). The summed E-state index contributed by atoms with van der Waals surface area (Å²) < 4.78 is 13.4. The van der Waals surface area contributed by atoms with Crippen molar-refractivity contribution in [2.24, 2.45) is 5.92 Å². The lowest BCUT2D eigenvalue weighted by Crippen LogP contribution is -2.12. The Bertz CT molecular complexity index is 344. The molecule has 76 valence electrons. The van der Waals surface area contributed by atoms with Gasteiger partial charge in [0.1, 0.15) is 5.82 Å². The quantitative estimate of drug-likeness (QED) is 0.674. The van der Waals surface area contributed by atoms with Crippen LogP contribution >= 0.6 is 0 Å². The van der Waals surface area contributed by atoms with Crippen LogP contribution < -0.4 is 0 Å². The smallest absolute Gasteiger partial charge is 0.168 e. The first kappa shape index (κ1) is 10.9. The Morgan fingerprint density at radius 1 is 1.50 bits per heavy atom. The number of carbonyl (C=O) groups is 1. The molecule has 0 bridgehead atoms. The topological polar surface area (TPSA) is 17.1 Å². The van der Waals surface area contributed by atoms with Crippen molar-refractivity contribution >= 4 is 5.78 Å². The third-order valence-electron chi connectivity index (χ3n) is 2.45. The molecule has 1 aromatic carbocycles. The number of hydrogen-bond donors (Lipinski definition) is 0. The number of hydrogen-bond acceptors (Lipinski definition) is 1. The first-order valence-electron chi connectivity index (χ1n) is 4.86. The molecule has 1 nitrogen and oxygen atoms in total. The maximum Gasteiger partial charge on any atom is 0.168 e. The fourth-order valence-corrected chi connectivity index (χ4v) is 1.27. The van der Waals surface area contributed by atoms with E-state index in [1.165, 1.54) is 6.07 Å². The molecular formula is C12H15FO. The second kappa shape index (κ2) is 4.36. The molecule has 0 heterocycles. The van der Waals surface area contributed by atoms with E-state index in [1.807, 2.05) is 13.8 Å². The molecule has 0 aliphatic rings. The number of ketones is 1. The SMILES string of the molecule is CCC(C)C(=O)c1ccc(C)cc1F. The van der Waals surface area contributed by atoms with Crippen LogP contribution in [0.2, 0.25) is 0 Å². The molecule has 1 atom stereocenters. The largest absolute Gasteiger partial charge is 0.294 e. The number of rotatable bonds is 3. The Labute approximate surface area is 83.9 Å². The summed E-state index contributed by atoms with van der Waals surface area (Å²) in [5.74, 6) is -0.618. The van der Waals surface area contributed by atoms with E-state index in [0.717, 1.165) is 12.0 Å². The number of halogens is 1. The van der Waals surface area contributed by atoms with Gasteiger partial charge in [0.25, 0.3) is 0 Å². The first-order chi connectivity index (χ1) is 6.56. The van der Waals surface area contributed by atoms with Gasteiger partial charge in [0.05, 0.1) is 5.56 Å². The fraction of sp³-hybridized carbons (Fsp3) is 0.417. The molecule has 0 saturated heterocycles. The summed E-state index contributed by atoms with van der Waals surface area (Å²) in [6, 6.07) is 4.73. The highest BCUT2D eigenvalue weighted by Gasteiger charge is 2.16. The van der Waals surface area contributed by atoms with Gasteiger partial charge in [-0.25, -0.2) is 4.39 Å². The van der Waals surface area contributed by atoms with Gasteiger partial charge >= 0.3 is 0 Å². The summed E-state index contributed by atoms with van der Waals surface area (Å²) in [7, 11) is 0. The predicted octanol–water partition coefficient (Wildman–Crippen LogP) is 3.36. The molecule has 0 aliphatic heterocycles. The van der Waals surface area contributed by atoms with E-state index in [2.05, 4.69) is 0 Å². The van der Waals surface area contributed by atoms with Crippen molar-refractivity contribution in [2.45, 2.75) is 27.2 Å². The van der Waals surface area contributed by atoms with Crippen molar-refractivity contribution in [1.29, 1.82) is 0 Å². The molecule has 0 aromatic heterocycles. The molecule has 14 heavy (non-hydrogen) atoms. The molecule has 0 spiro atoms. The lowest BCUT2D eigenvalue weighted by molar-refractivity contribution is 0.0923. The van der Waals surface area contributed by atoms with Crippen LogP contribution in [0, 0.1) is 18.7 Å². The molecule has 1 aromatic rings. The summed E-state index contributed by atoms with van der Waals surface area (Å²) in [6.45, 7) is 5.55. The molecular weight excluding hydrogens is 179 g/mol. The fourth-order valence-electron chi connectivity index (χ4n) is 1.27. The standard InChI is InChI=1S/C12H15FO/c1-4-9(3)12(14)10-6-5-8(2)7-11(10)13/h5-7,9H,4H2,1-3H3. The van der Waals surface area contributed by atoms with Crippen LogP contribution in [-0.2, 0) is 0 Å². The van der Waals surface area contributed by atoms with Crippen LogP contribution in [-0.4, -0.2) is 5.78 Å². The highest BCUT2D eigenvalue weighted by atomic mass is 19.1. The normalized spacial score (nSPS) is 12.6. The Hall–Kier alpha value is -1.18. The summed E-state index contributed by atoms with van der Waals surface area (Å²) >= 11 is 0. The number of Topliss-reactive ketones (excluding diaryl/α,β-unsaturated/α-hetero) is 1. The van der Waals surface area contributed by atoms with Crippen molar-refractivity contribution in [2.75, 3.05) is 0 Å². The van der Waals surface area contributed by atoms with E-state index in [4.69, 9.17) is 0 Å². The van der Waals surface area contributed by atoms with Gasteiger partial charge in [-0.2, -0.15) is 0 Å². The van der Waals surface area contributed by atoms with Crippen molar-refractivity contribution < 1.29 is 9.18 Å². The van der Waals surface area contributed by atoms with E-state index in [1.54, 1.807) is 19.1 Å². The van der Waals surface area contributed by atoms with Crippen LogP contribution in [0.25, 0.3) is 0 Å². The predicted molar refractivity (Wildman–Crippen MR) is 54.9 cm³/mol. The highest BCUT2D eigenvalue weighted by molar-refractivity contribution is 5.97. The highest BCUT2D eigenvalue weighted by Crippen LogP contribution is 2.16. The van der Waals surface area contributed by atoms with Crippen LogP contribution in [0.15, 0.2) is 18.2 Å². The molecule has 1 unspecified atom stereocenters. The number of carbonyl (C=O) groups excluding carboxylic acids is 1. The van der Waals surface area contributed by atoms with E-state index in [-0.39, 0.29) is 17.3 Å². The first-order valence-corrected chi connectivity index (χ1v) is 4.86. The molecule has 2 heteroatoms. The average molecular weight is 194 g/mol. The molecule has 0 N–H and O–H groups in total. The van der Waals surface area contributed by atoms with E-state index in [9.17, 15) is 9.18 Å². The third-order valence-corrected chi connectivity index (χ3v) is 2.45. The molecule has 0 amide bonds. The minimum atomic E-state index is -0.407. The van der Waals surface area contributed by atoms with Crippen molar-refractivity contribution in [3.63, 3.8) is 0 Å². The maximum absolute atomic E-state index is 13.4. The van der Waals surface area contributed by atoms with Crippen LogP contribution in [0.4, 0.5) is 4.39 Å². The van der Waals surface area contributed by atoms with Crippen molar-refractivity contribution in [3.05, 3.63) is 35.1 Å². The molecule has 0 saturated carbocycles. The average Bonchev–Trinajstić information content (AvgIpc) is 2.15. The van der Waals surface area contributed by atoms with Crippen molar-refractivity contribution in [1.82, 2.24) is 0 Å². The Balaban J connectivity index is 3.02. The Morgan fingerprint density at radius 2 is 2.14 bits per heavy atom. The maximum atomic E-state index is 13.4. The second-order valence-electron chi connectivity index (χ2n) is 3.66. The zero-order chi connectivity index (χ0) is 10.7. The number of benzene rings is 1. The Kier molecular flexibility index (Phi) is 3.39. The van der Waals surface area contributed by atoms with E-state index in [0.29, 0.717) is 0 Å². The van der Waals surface area contributed by atoms with E-state index < -0.39 is 5.82 Å². The van der Waals surface area contributed by atoms with Crippen molar-refractivity contribution in [3.8, 4) is 0 Å². The number of aryl methyl sites for hydroxylation is 1. The van der Waals surface area contributed by atoms with Crippen LogP contribution in [0.1, 0.15) is 36.2 Å².